The highest BCUT2D eigenvalue weighted by Crippen LogP contribution is 2.18. The minimum absolute atomic E-state index is 0.0658. The van der Waals surface area contributed by atoms with E-state index in [9.17, 15) is 14.4 Å². The number of unbranched alkanes of at least 4 members (excludes halogenated alkanes) is 27. The molecule has 0 aromatic carbocycles. The molecule has 6 nitrogen and oxygen atoms in total. The Morgan fingerprint density at radius 3 is 0.897 bits per heavy atom. The van der Waals surface area contributed by atoms with Gasteiger partial charge in [0.1, 0.15) is 13.2 Å². The molecule has 0 aromatic rings. The summed E-state index contributed by atoms with van der Waals surface area (Å²) >= 11 is 0. The number of hydrogen-bond acceptors (Lipinski definition) is 6. The first kappa shape index (κ1) is 56.4. The zero-order chi connectivity index (χ0) is 42.7. The van der Waals surface area contributed by atoms with Gasteiger partial charge in [-0.1, -0.05) is 241 Å². The molecular weight excluding hydrogens is 721 g/mol. The van der Waals surface area contributed by atoms with E-state index < -0.39 is 6.10 Å². The van der Waals surface area contributed by atoms with Gasteiger partial charge < -0.3 is 14.2 Å². The van der Waals surface area contributed by atoms with Crippen molar-refractivity contribution in [3.8, 4) is 0 Å². The normalized spacial score (nSPS) is 12.6. The van der Waals surface area contributed by atoms with E-state index in [0.717, 1.165) is 75.5 Å². The summed E-state index contributed by atoms with van der Waals surface area (Å²) in [6.45, 7) is 13.7. The summed E-state index contributed by atoms with van der Waals surface area (Å²) in [5.74, 6) is 1.61. The van der Waals surface area contributed by atoms with Crippen LogP contribution in [0.15, 0.2) is 0 Å². The number of esters is 3. The average molecular weight is 821 g/mol. The molecule has 58 heavy (non-hydrogen) atoms. The summed E-state index contributed by atoms with van der Waals surface area (Å²) in [5.41, 5.74) is 0. The average Bonchev–Trinajstić information content (AvgIpc) is 3.19. The monoisotopic (exact) mass is 821 g/mol. The van der Waals surface area contributed by atoms with Gasteiger partial charge in [-0.05, 0) is 37.0 Å². The van der Waals surface area contributed by atoms with Crippen molar-refractivity contribution in [1.29, 1.82) is 0 Å². The first-order valence-corrected chi connectivity index (χ1v) is 25.6. The zero-order valence-electron chi connectivity index (χ0n) is 39.8. The van der Waals surface area contributed by atoms with Crippen LogP contribution in [0.2, 0.25) is 0 Å². The van der Waals surface area contributed by atoms with Gasteiger partial charge in [-0.2, -0.15) is 0 Å². The zero-order valence-corrected chi connectivity index (χ0v) is 39.8. The third kappa shape index (κ3) is 44.0. The third-order valence-electron chi connectivity index (χ3n) is 12.0. The molecule has 0 spiro atoms. The Hall–Kier alpha value is -1.59. The predicted octanol–water partition coefficient (Wildman–Crippen LogP) is 16.4. The fraction of sp³-hybridized carbons (Fsp3) is 0.942. The van der Waals surface area contributed by atoms with E-state index in [1.54, 1.807) is 0 Å². The molecule has 0 aliphatic heterocycles. The van der Waals surface area contributed by atoms with Crippen LogP contribution in [-0.2, 0) is 28.6 Å². The van der Waals surface area contributed by atoms with Crippen molar-refractivity contribution in [1.82, 2.24) is 0 Å². The fourth-order valence-corrected chi connectivity index (χ4v) is 7.73. The maximum Gasteiger partial charge on any atom is 0.306 e. The fourth-order valence-electron chi connectivity index (χ4n) is 7.73. The summed E-state index contributed by atoms with van der Waals surface area (Å²) in [5, 5.41) is 0. The van der Waals surface area contributed by atoms with Gasteiger partial charge in [0, 0.05) is 19.3 Å². The van der Waals surface area contributed by atoms with E-state index in [2.05, 4.69) is 41.5 Å². The van der Waals surface area contributed by atoms with Crippen LogP contribution in [0.5, 0.6) is 0 Å². The smallest absolute Gasteiger partial charge is 0.306 e. The lowest BCUT2D eigenvalue weighted by atomic mass is 9.99. The summed E-state index contributed by atoms with van der Waals surface area (Å²) in [4.78, 5) is 37.8. The number of hydrogen-bond donors (Lipinski definition) is 0. The van der Waals surface area contributed by atoms with E-state index >= 15 is 0 Å². The molecule has 0 heterocycles. The molecule has 344 valence electrons. The lowest BCUT2D eigenvalue weighted by Gasteiger charge is -2.18. The Morgan fingerprint density at radius 1 is 0.345 bits per heavy atom. The van der Waals surface area contributed by atoms with Crippen molar-refractivity contribution in [2.45, 2.75) is 285 Å². The number of ether oxygens (including phenoxy) is 3. The third-order valence-corrected chi connectivity index (χ3v) is 12.0. The van der Waals surface area contributed by atoms with Crippen LogP contribution in [0.25, 0.3) is 0 Å². The van der Waals surface area contributed by atoms with Crippen molar-refractivity contribution in [2.75, 3.05) is 13.2 Å². The molecule has 6 heteroatoms. The SMILES string of the molecule is CCC(C)CCCCCCCCCCCCCCCCC(=O)OC[C@@H](COC(=O)CCCCCCCCCCCCC(C)C)OC(=O)CCCCCCCCC(C)C. The molecule has 0 aliphatic rings. The highest BCUT2D eigenvalue weighted by atomic mass is 16.6. The van der Waals surface area contributed by atoms with Gasteiger partial charge in [0.2, 0.25) is 0 Å². The second-order valence-corrected chi connectivity index (χ2v) is 19.0. The maximum absolute atomic E-state index is 12.7. The van der Waals surface area contributed by atoms with Gasteiger partial charge in [-0.15, -0.1) is 0 Å². The highest BCUT2D eigenvalue weighted by Gasteiger charge is 2.19. The highest BCUT2D eigenvalue weighted by molar-refractivity contribution is 5.71. The van der Waals surface area contributed by atoms with Gasteiger partial charge in [-0.3, -0.25) is 14.4 Å². The Morgan fingerprint density at radius 2 is 0.603 bits per heavy atom. The second kappa shape index (κ2) is 43.5. The molecule has 0 amide bonds. The lowest BCUT2D eigenvalue weighted by Crippen LogP contribution is -2.30. The lowest BCUT2D eigenvalue weighted by molar-refractivity contribution is -0.167. The van der Waals surface area contributed by atoms with Crippen LogP contribution in [0.1, 0.15) is 279 Å². The standard InChI is InChI=1S/C52H100O6/c1-7-48(6)40-34-28-21-17-12-10-8-9-11-13-18-22-29-35-41-50(53)56-44-49(58-52(55)43-37-31-25-24-27-33-39-47(4)5)45-57-51(54)42-36-30-23-19-15-14-16-20-26-32-38-46(2)3/h46-49H,7-45H2,1-6H3/t48?,49-/m0/s1. The van der Waals surface area contributed by atoms with Crippen molar-refractivity contribution in [3.05, 3.63) is 0 Å². The summed E-state index contributed by atoms with van der Waals surface area (Å²) in [6, 6.07) is 0. The second-order valence-electron chi connectivity index (χ2n) is 19.0. The van der Waals surface area contributed by atoms with E-state index in [0.29, 0.717) is 19.3 Å². The molecule has 0 rings (SSSR count). The minimum atomic E-state index is -0.763. The number of carbonyl (C=O) groups excluding carboxylic acids is 3. The van der Waals surface area contributed by atoms with Crippen molar-refractivity contribution < 1.29 is 28.6 Å². The molecular formula is C52H100O6. The van der Waals surface area contributed by atoms with Gasteiger partial charge >= 0.3 is 17.9 Å². The summed E-state index contributed by atoms with van der Waals surface area (Å²) in [6.07, 6.45) is 42.4. The van der Waals surface area contributed by atoms with E-state index in [-0.39, 0.29) is 31.1 Å². The van der Waals surface area contributed by atoms with Crippen LogP contribution in [0.4, 0.5) is 0 Å². The van der Waals surface area contributed by atoms with Gasteiger partial charge in [0.25, 0.3) is 0 Å². The number of carbonyl (C=O) groups is 3. The number of rotatable bonds is 45. The Bertz CT molecular complexity index is 900. The minimum Gasteiger partial charge on any atom is -0.462 e. The molecule has 0 aliphatic carbocycles. The molecule has 0 aromatic heterocycles. The van der Waals surface area contributed by atoms with E-state index in [1.807, 2.05) is 0 Å². The first-order chi connectivity index (χ1) is 28.1. The summed E-state index contributed by atoms with van der Waals surface area (Å²) < 4.78 is 16.8. The van der Waals surface area contributed by atoms with Crippen LogP contribution in [0, 0.1) is 17.8 Å². The Kier molecular flexibility index (Phi) is 42.3. The van der Waals surface area contributed by atoms with E-state index in [4.69, 9.17) is 14.2 Å². The largest absolute Gasteiger partial charge is 0.462 e. The molecule has 2 atom stereocenters. The quantitative estimate of drug-likeness (QED) is 0.0346. The topological polar surface area (TPSA) is 78.9 Å². The van der Waals surface area contributed by atoms with E-state index in [1.165, 1.54) is 161 Å². The van der Waals surface area contributed by atoms with Crippen molar-refractivity contribution >= 4 is 17.9 Å². The molecule has 0 bridgehead atoms. The molecule has 0 saturated carbocycles. The van der Waals surface area contributed by atoms with Gasteiger partial charge in [0.15, 0.2) is 6.10 Å². The van der Waals surface area contributed by atoms with Crippen molar-refractivity contribution in [3.63, 3.8) is 0 Å². The first-order valence-electron chi connectivity index (χ1n) is 25.6. The Labute approximate surface area is 361 Å². The van der Waals surface area contributed by atoms with Crippen LogP contribution in [-0.4, -0.2) is 37.2 Å². The van der Waals surface area contributed by atoms with Gasteiger partial charge in [0.05, 0.1) is 0 Å². The Balaban J connectivity index is 4.24. The molecule has 0 saturated heterocycles. The van der Waals surface area contributed by atoms with Crippen LogP contribution < -0.4 is 0 Å². The van der Waals surface area contributed by atoms with Gasteiger partial charge in [-0.25, -0.2) is 0 Å². The maximum atomic E-state index is 12.7. The molecule has 0 radical (unpaired) electrons. The molecule has 1 unspecified atom stereocenters. The van der Waals surface area contributed by atoms with Crippen LogP contribution in [0.3, 0.4) is 0 Å². The van der Waals surface area contributed by atoms with Crippen molar-refractivity contribution in [2.24, 2.45) is 17.8 Å². The summed E-state index contributed by atoms with van der Waals surface area (Å²) in [7, 11) is 0. The van der Waals surface area contributed by atoms with Crippen LogP contribution >= 0.6 is 0 Å². The molecule has 0 fully saturated rings. The predicted molar refractivity (Wildman–Crippen MR) is 247 cm³/mol. The molecule has 0 N–H and O–H groups in total.